The van der Waals surface area contributed by atoms with E-state index in [0.29, 0.717) is 0 Å². The summed E-state index contributed by atoms with van der Waals surface area (Å²) in [5.74, 6) is 0. The van der Waals surface area contributed by atoms with Gasteiger partial charge in [-0.3, -0.25) is 0 Å². The molecule has 1 heterocycles. The fraction of sp³-hybridized carbons (Fsp3) is 0.727. The summed E-state index contributed by atoms with van der Waals surface area (Å²) in [5, 5.41) is 4.48. The number of thiazole rings is 1. The molecule has 0 amide bonds. The summed E-state index contributed by atoms with van der Waals surface area (Å²) in [4.78, 5) is 7.65. The zero-order chi connectivity index (χ0) is 11.8. The van der Waals surface area contributed by atoms with Crippen LogP contribution in [0.4, 0.5) is 5.13 Å². The summed E-state index contributed by atoms with van der Waals surface area (Å²) in [6, 6.07) is 0. The van der Waals surface area contributed by atoms with Crippen molar-refractivity contribution in [3.05, 3.63) is 11.1 Å². The molecule has 1 N–H and O–H groups in total. The van der Waals surface area contributed by atoms with Gasteiger partial charge in [-0.1, -0.05) is 0 Å². The predicted octanol–water partition coefficient (Wildman–Crippen LogP) is 1.73. The summed E-state index contributed by atoms with van der Waals surface area (Å²) in [5.41, 5.74) is 0. The van der Waals surface area contributed by atoms with Crippen molar-refractivity contribution in [2.45, 2.75) is 19.4 Å². The Balaban J connectivity index is 2.12. The van der Waals surface area contributed by atoms with Gasteiger partial charge in [0.2, 0.25) is 0 Å². The zero-order valence-corrected chi connectivity index (χ0v) is 11.1. The fourth-order valence-electron chi connectivity index (χ4n) is 1.29. The maximum atomic E-state index is 5.00. The van der Waals surface area contributed by atoms with Crippen molar-refractivity contribution in [3.8, 4) is 0 Å². The largest absolute Gasteiger partial charge is 0.385 e. The molecule has 5 heteroatoms. The minimum absolute atomic E-state index is 0.854. The molecule has 0 aliphatic carbocycles. The van der Waals surface area contributed by atoms with E-state index in [0.717, 1.165) is 37.7 Å². The first-order valence-electron chi connectivity index (χ1n) is 5.55. The molecule has 0 aromatic carbocycles. The van der Waals surface area contributed by atoms with Gasteiger partial charge in [0.1, 0.15) is 0 Å². The van der Waals surface area contributed by atoms with Crippen molar-refractivity contribution in [1.82, 2.24) is 10.3 Å². The summed E-state index contributed by atoms with van der Waals surface area (Å²) >= 11 is 1.74. The van der Waals surface area contributed by atoms with Crippen molar-refractivity contribution in [2.75, 3.05) is 39.3 Å². The van der Waals surface area contributed by atoms with E-state index in [9.17, 15) is 0 Å². The lowest BCUT2D eigenvalue weighted by molar-refractivity contribution is 0.192. The smallest absolute Gasteiger partial charge is 0.185 e. The number of hydrogen-bond donors (Lipinski definition) is 1. The van der Waals surface area contributed by atoms with Crippen molar-refractivity contribution in [2.24, 2.45) is 0 Å². The van der Waals surface area contributed by atoms with Crippen LogP contribution in [0.25, 0.3) is 0 Å². The standard InChI is InChI=1S/C11H21N3OS/c1-14(2)11-13-9-10(16-11)8-12-6-4-5-7-15-3/h9,12H,4-8H2,1-3H3. The van der Waals surface area contributed by atoms with Gasteiger partial charge in [0.05, 0.1) is 0 Å². The first-order valence-corrected chi connectivity index (χ1v) is 6.37. The van der Waals surface area contributed by atoms with Crippen LogP contribution in [0.2, 0.25) is 0 Å². The van der Waals surface area contributed by atoms with Gasteiger partial charge < -0.3 is 15.0 Å². The van der Waals surface area contributed by atoms with Gasteiger partial charge in [-0.25, -0.2) is 4.98 Å². The quantitative estimate of drug-likeness (QED) is 0.706. The van der Waals surface area contributed by atoms with E-state index in [2.05, 4.69) is 10.3 Å². The Morgan fingerprint density at radius 2 is 2.25 bits per heavy atom. The molecule has 0 unspecified atom stereocenters. The van der Waals surface area contributed by atoms with E-state index in [-0.39, 0.29) is 0 Å². The van der Waals surface area contributed by atoms with Gasteiger partial charge >= 0.3 is 0 Å². The summed E-state index contributed by atoms with van der Waals surface area (Å²) in [7, 11) is 5.77. The van der Waals surface area contributed by atoms with Crippen LogP contribution < -0.4 is 10.2 Å². The average Bonchev–Trinajstić information content (AvgIpc) is 2.72. The molecule has 0 bridgehead atoms. The van der Waals surface area contributed by atoms with Crippen LogP contribution in [0.3, 0.4) is 0 Å². The Morgan fingerprint density at radius 1 is 1.44 bits per heavy atom. The van der Waals surface area contributed by atoms with Crippen LogP contribution in [0.5, 0.6) is 0 Å². The van der Waals surface area contributed by atoms with Crippen LogP contribution in [0.15, 0.2) is 6.20 Å². The highest BCUT2D eigenvalue weighted by atomic mass is 32.1. The molecule has 0 aliphatic heterocycles. The first-order chi connectivity index (χ1) is 7.74. The molecule has 0 radical (unpaired) electrons. The molecule has 4 nitrogen and oxygen atoms in total. The highest BCUT2D eigenvalue weighted by Gasteiger charge is 2.02. The van der Waals surface area contributed by atoms with Gasteiger partial charge in [-0.15, -0.1) is 11.3 Å². The molecular formula is C11H21N3OS. The van der Waals surface area contributed by atoms with Crippen LogP contribution >= 0.6 is 11.3 Å². The van der Waals surface area contributed by atoms with Gasteiger partial charge in [-0.2, -0.15) is 0 Å². The van der Waals surface area contributed by atoms with Gasteiger partial charge in [0.25, 0.3) is 0 Å². The molecule has 16 heavy (non-hydrogen) atoms. The topological polar surface area (TPSA) is 37.4 Å². The lowest BCUT2D eigenvalue weighted by Gasteiger charge is -2.05. The molecule has 0 spiro atoms. The fourth-order valence-corrected chi connectivity index (χ4v) is 2.10. The normalized spacial score (nSPS) is 10.7. The highest BCUT2D eigenvalue weighted by molar-refractivity contribution is 7.15. The van der Waals surface area contributed by atoms with Crippen LogP contribution in [0, 0.1) is 0 Å². The number of hydrogen-bond acceptors (Lipinski definition) is 5. The van der Waals surface area contributed by atoms with E-state index in [4.69, 9.17) is 4.74 Å². The van der Waals surface area contributed by atoms with E-state index in [1.165, 1.54) is 4.88 Å². The van der Waals surface area contributed by atoms with Crippen LogP contribution in [0.1, 0.15) is 17.7 Å². The summed E-state index contributed by atoms with van der Waals surface area (Å²) < 4.78 is 5.00. The van der Waals surface area contributed by atoms with E-state index < -0.39 is 0 Å². The number of aromatic nitrogens is 1. The van der Waals surface area contributed by atoms with Crippen molar-refractivity contribution in [3.63, 3.8) is 0 Å². The number of methoxy groups -OCH3 is 1. The Morgan fingerprint density at radius 3 is 2.88 bits per heavy atom. The van der Waals surface area contributed by atoms with E-state index in [1.54, 1.807) is 18.4 Å². The third-order valence-corrected chi connectivity index (χ3v) is 3.34. The number of anilines is 1. The number of ether oxygens (including phenoxy) is 1. The molecular weight excluding hydrogens is 222 g/mol. The number of nitrogens with one attached hydrogen (secondary N) is 1. The van der Waals surface area contributed by atoms with E-state index >= 15 is 0 Å². The molecule has 0 atom stereocenters. The third-order valence-electron chi connectivity index (χ3n) is 2.18. The van der Waals surface area contributed by atoms with Crippen molar-refractivity contribution in [1.29, 1.82) is 0 Å². The Bertz CT molecular complexity index is 289. The van der Waals surface area contributed by atoms with Crippen LogP contribution in [-0.2, 0) is 11.3 Å². The molecule has 1 aromatic rings. The molecule has 0 aliphatic rings. The predicted molar refractivity (Wildman–Crippen MR) is 69.3 cm³/mol. The number of unbranched alkanes of at least 4 members (excludes halogenated alkanes) is 1. The van der Waals surface area contributed by atoms with Crippen molar-refractivity contribution >= 4 is 16.5 Å². The second-order valence-corrected chi connectivity index (χ2v) is 4.97. The van der Waals surface area contributed by atoms with E-state index in [1.807, 2.05) is 25.2 Å². The molecule has 0 fully saturated rings. The third kappa shape index (κ3) is 4.92. The number of nitrogens with zero attached hydrogens (tertiary/aromatic N) is 2. The minimum atomic E-state index is 0.854. The second kappa shape index (κ2) is 7.60. The Kier molecular flexibility index (Phi) is 6.37. The highest BCUT2D eigenvalue weighted by Crippen LogP contribution is 2.19. The molecule has 0 saturated heterocycles. The zero-order valence-electron chi connectivity index (χ0n) is 10.3. The Hall–Kier alpha value is -0.650. The molecule has 1 rings (SSSR count). The van der Waals surface area contributed by atoms with Gasteiger partial charge in [0.15, 0.2) is 5.13 Å². The summed E-state index contributed by atoms with van der Waals surface area (Å²) in [6.45, 7) is 2.81. The van der Waals surface area contributed by atoms with Gasteiger partial charge in [0, 0.05) is 45.4 Å². The second-order valence-electron chi connectivity index (χ2n) is 3.88. The molecule has 1 aromatic heterocycles. The lowest BCUT2D eigenvalue weighted by Crippen LogP contribution is -2.14. The first kappa shape index (κ1) is 13.4. The minimum Gasteiger partial charge on any atom is -0.385 e. The Labute approximate surface area is 102 Å². The number of rotatable bonds is 8. The molecule has 92 valence electrons. The maximum Gasteiger partial charge on any atom is 0.185 e. The lowest BCUT2D eigenvalue weighted by atomic mass is 10.3. The summed E-state index contributed by atoms with van der Waals surface area (Å²) in [6.07, 6.45) is 4.23. The SMILES string of the molecule is COCCCCNCc1cnc(N(C)C)s1. The van der Waals surface area contributed by atoms with Gasteiger partial charge in [-0.05, 0) is 19.4 Å². The molecule has 0 saturated carbocycles. The van der Waals surface area contributed by atoms with Crippen LogP contribution in [-0.4, -0.2) is 39.3 Å². The average molecular weight is 243 g/mol. The maximum absolute atomic E-state index is 5.00. The van der Waals surface area contributed by atoms with Crippen molar-refractivity contribution < 1.29 is 4.74 Å². The monoisotopic (exact) mass is 243 g/mol.